The van der Waals surface area contributed by atoms with Gasteiger partial charge in [-0.3, -0.25) is 0 Å². The standard InChI is InChI=1S/C14H18BrN/c1-14(7-2-8-16-14)11-5-6-12(10-3-4-10)13(15)9-11/h5-6,9-10,16H,2-4,7-8H2,1H3. The van der Waals surface area contributed by atoms with Gasteiger partial charge in [-0.15, -0.1) is 0 Å². The SMILES string of the molecule is CC1(c2ccc(C3CC3)c(Br)c2)CCCN1. The molecule has 2 heteroatoms. The molecule has 2 aliphatic rings. The van der Waals surface area contributed by atoms with E-state index in [-0.39, 0.29) is 5.54 Å². The van der Waals surface area contributed by atoms with Crippen LogP contribution in [-0.2, 0) is 5.54 Å². The zero-order valence-electron chi connectivity index (χ0n) is 9.72. The van der Waals surface area contributed by atoms with Gasteiger partial charge in [0.15, 0.2) is 0 Å². The summed E-state index contributed by atoms with van der Waals surface area (Å²) in [4.78, 5) is 0. The van der Waals surface area contributed by atoms with Gasteiger partial charge in [0.2, 0.25) is 0 Å². The third kappa shape index (κ3) is 1.82. The molecule has 0 aromatic heterocycles. The molecule has 1 aliphatic heterocycles. The van der Waals surface area contributed by atoms with Gasteiger partial charge in [-0.05, 0) is 62.3 Å². The van der Waals surface area contributed by atoms with E-state index in [0.29, 0.717) is 0 Å². The van der Waals surface area contributed by atoms with E-state index in [0.717, 1.165) is 12.5 Å². The highest BCUT2D eigenvalue weighted by Crippen LogP contribution is 2.44. The molecule has 1 N–H and O–H groups in total. The maximum Gasteiger partial charge on any atom is 0.0406 e. The lowest BCUT2D eigenvalue weighted by Gasteiger charge is -2.25. The van der Waals surface area contributed by atoms with Crippen molar-refractivity contribution in [3.63, 3.8) is 0 Å². The molecule has 86 valence electrons. The average molecular weight is 280 g/mol. The monoisotopic (exact) mass is 279 g/mol. The third-order valence-corrected chi connectivity index (χ3v) is 4.71. The van der Waals surface area contributed by atoms with E-state index in [2.05, 4.69) is 46.4 Å². The van der Waals surface area contributed by atoms with Crippen molar-refractivity contribution in [1.82, 2.24) is 5.32 Å². The fourth-order valence-corrected chi connectivity index (χ4v) is 3.44. The number of nitrogens with one attached hydrogen (secondary N) is 1. The van der Waals surface area contributed by atoms with E-state index < -0.39 is 0 Å². The number of hydrogen-bond donors (Lipinski definition) is 1. The molecule has 1 atom stereocenters. The summed E-state index contributed by atoms with van der Waals surface area (Å²) in [5.74, 6) is 0.827. The van der Waals surface area contributed by atoms with E-state index in [9.17, 15) is 0 Å². The fraction of sp³-hybridized carbons (Fsp3) is 0.571. The van der Waals surface area contributed by atoms with Crippen LogP contribution in [0.15, 0.2) is 22.7 Å². The molecule has 1 nitrogen and oxygen atoms in total. The van der Waals surface area contributed by atoms with Crippen LogP contribution in [0.2, 0.25) is 0 Å². The molecule has 3 rings (SSSR count). The zero-order valence-corrected chi connectivity index (χ0v) is 11.3. The van der Waals surface area contributed by atoms with Crippen molar-refractivity contribution in [2.45, 2.75) is 44.1 Å². The maximum absolute atomic E-state index is 3.73. The summed E-state index contributed by atoms with van der Waals surface area (Å²) in [7, 11) is 0. The van der Waals surface area contributed by atoms with Gasteiger partial charge in [-0.1, -0.05) is 28.1 Å². The predicted octanol–water partition coefficient (Wildman–Crippen LogP) is 3.93. The van der Waals surface area contributed by atoms with Gasteiger partial charge >= 0.3 is 0 Å². The Balaban J connectivity index is 1.93. The molecule has 0 amide bonds. The Kier molecular flexibility index (Phi) is 2.60. The molecular weight excluding hydrogens is 262 g/mol. The molecule has 1 heterocycles. The Morgan fingerprint density at radius 2 is 2.19 bits per heavy atom. The second-order valence-electron chi connectivity index (χ2n) is 5.37. The molecule has 1 unspecified atom stereocenters. The van der Waals surface area contributed by atoms with E-state index in [4.69, 9.17) is 0 Å². The highest BCUT2D eigenvalue weighted by atomic mass is 79.9. The largest absolute Gasteiger partial charge is 0.308 e. The third-order valence-electron chi connectivity index (χ3n) is 4.02. The lowest BCUT2D eigenvalue weighted by Crippen LogP contribution is -2.33. The molecule has 2 fully saturated rings. The Morgan fingerprint density at radius 1 is 1.38 bits per heavy atom. The summed E-state index contributed by atoms with van der Waals surface area (Å²) in [6.45, 7) is 3.47. The van der Waals surface area contributed by atoms with Crippen LogP contribution in [0, 0.1) is 0 Å². The van der Waals surface area contributed by atoms with Gasteiger partial charge in [0.25, 0.3) is 0 Å². The summed E-state index contributed by atoms with van der Waals surface area (Å²) < 4.78 is 1.31. The van der Waals surface area contributed by atoms with Crippen LogP contribution in [0.5, 0.6) is 0 Å². The summed E-state index contributed by atoms with van der Waals surface area (Å²) in [5.41, 5.74) is 3.14. The fourth-order valence-electron chi connectivity index (χ4n) is 2.74. The van der Waals surface area contributed by atoms with E-state index >= 15 is 0 Å². The van der Waals surface area contributed by atoms with Crippen molar-refractivity contribution in [2.75, 3.05) is 6.54 Å². The van der Waals surface area contributed by atoms with Crippen LogP contribution in [0.1, 0.15) is 49.7 Å². The van der Waals surface area contributed by atoms with Crippen LogP contribution in [0.4, 0.5) is 0 Å². The Bertz CT molecular complexity index is 403. The summed E-state index contributed by atoms with van der Waals surface area (Å²) in [6, 6.07) is 6.96. The van der Waals surface area contributed by atoms with Crippen molar-refractivity contribution < 1.29 is 0 Å². The van der Waals surface area contributed by atoms with Crippen molar-refractivity contribution in [2.24, 2.45) is 0 Å². The lowest BCUT2D eigenvalue weighted by atomic mass is 9.89. The second-order valence-corrected chi connectivity index (χ2v) is 6.23. The first-order valence-electron chi connectivity index (χ1n) is 6.24. The summed E-state index contributed by atoms with van der Waals surface area (Å²) in [5, 5.41) is 3.62. The van der Waals surface area contributed by atoms with Crippen LogP contribution in [-0.4, -0.2) is 6.54 Å². The van der Waals surface area contributed by atoms with Gasteiger partial charge in [0.05, 0.1) is 0 Å². The van der Waals surface area contributed by atoms with E-state index in [1.807, 2.05) is 0 Å². The van der Waals surface area contributed by atoms with Crippen molar-refractivity contribution >= 4 is 15.9 Å². The smallest absolute Gasteiger partial charge is 0.0406 e. The van der Waals surface area contributed by atoms with Gasteiger partial charge < -0.3 is 5.32 Å². The predicted molar refractivity (Wildman–Crippen MR) is 70.7 cm³/mol. The first kappa shape index (κ1) is 10.8. The minimum atomic E-state index is 0.199. The first-order valence-corrected chi connectivity index (χ1v) is 7.03. The summed E-state index contributed by atoms with van der Waals surface area (Å²) >= 11 is 3.73. The van der Waals surface area contributed by atoms with Crippen LogP contribution >= 0.6 is 15.9 Å². The molecular formula is C14H18BrN. The number of benzene rings is 1. The molecule has 0 spiro atoms. The highest BCUT2D eigenvalue weighted by Gasteiger charge is 2.31. The van der Waals surface area contributed by atoms with Gasteiger partial charge in [-0.2, -0.15) is 0 Å². The molecule has 1 aromatic rings. The van der Waals surface area contributed by atoms with E-state index in [1.54, 1.807) is 0 Å². The Hall–Kier alpha value is -0.340. The van der Waals surface area contributed by atoms with Crippen LogP contribution in [0.3, 0.4) is 0 Å². The average Bonchev–Trinajstić information content (AvgIpc) is 3.01. The Labute approximate surface area is 106 Å². The highest BCUT2D eigenvalue weighted by molar-refractivity contribution is 9.10. The second kappa shape index (κ2) is 3.85. The molecule has 0 bridgehead atoms. The zero-order chi connectivity index (χ0) is 11.2. The molecule has 1 saturated heterocycles. The molecule has 16 heavy (non-hydrogen) atoms. The maximum atomic E-state index is 3.73. The van der Waals surface area contributed by atoms with Gasteiger partial charge in [-0.25, -0.2) is 0 Å². The van der Waals surface area contributed by atoms with Crippen LogP contribution in [0.25, 0.3) is 0 Å². The van der Waals surface area contributed by atoms with Crippen molar-refractivity contribution in [3.8, 4) is 0 Å². The molecule has 1 aromatic carbocycles. The van der Waals surface area contributed by atoms with E-state index in [1.165, 1.54) is 41.3 Å². The minimum absolute atomic E-state index is 0.199. The normalized spacial score (nSPS) is 29.6. The van der Waals surface area contributed by atoms with Gasteiger partial charge in [0, 0.05) is 10.0 Å². The Morgan fingerprint density at radius 3 is 2.75 bits per heavy atom. The van der Waals surface area contributed by atoms with Crippen molar-refractivity contribution in [1.29, 1.82) is 0 Å². The molecule has 1 saturated carbocycles. The molecule has 0 radical (unpaired) electrons. The van der Waals surface area contributed by atoms with Crippen LogP contribution < -0.4 is 5.32 Å². The minimum Gasteiger partial charge on any atom is -0.308 e. The van der Waals surface area contributed by atoms with Crippen molar-refractivity contribution in [3.05, 3.63) is 33.8 Å². The summed E-state index contributed by atoms with van der Waals surface area (Å²) in [6.07, 6.45) is 5.28. The quantitative estimate of drug-likeness (QED) is 0.865. The number of hydrogen-bond acceptors (Lipinski definition) is 1. The van der Waals surface area contributed by atoms with Gasteiger partial charge in [0.1, 0.15) is 0 Å². The number of halogens is 1. The lowest BCUT2D eigenvalue weighted by molar-refractivity contribution is 0.434. The first-order chi connectivity index (χ1) is 7.69. The topological polar surface area (TPSA) is 12.0 Å². The molecule has 1 aliphatic carbocycles. The number of rotatable bonds is 2.